The smallest absolute Gasteiger partial charge is 0.423 e. The summed E-state index contributed by atoms with van der Waals surface area (Å²) in [6.45, 7) is 0.812. The predicted molar refractivity (Wildman–Crippen MR) is 151 cm³/mol. The Hall–Kier alpha value is -3.86. The fourth-order valence-electron chi connectivity index (χ4n) is 4.27. The molecule has 0 spiro atoms. The van der Waals surface area contributed by atoms with Gasteiger partial charge in [0.2, 0.25) is 0 Å². The highest BCUT2D eigenvalue weighted by molar-refractivity contribution is 5.91. The number of methoxy groups -OCH3 is 1. The highest BCUT2D eigenvalue weighted by Gasteiger charge is 2.45. The van der Waals surface area contributed by atoms with Gasteiger partial charge < -0.3 is 14.2 Å². The normalized spacial score (nSPS) is 11.8. The standard InChI is InChI=1S/C33H33F7O4/c1-42-18-8-4-2-3-5-9-22-12-14-23(15-13-22)10-6-7-11-24-16-17-26(27(34)19-24)31(41)43-25-20-28(35)30(29(36)21-25)44-33(39,40)32(37)38/h6-7,12-17,19-21,32H,2-5,8-11,18H2,1H3/b7-6+. The van der Waals surface area contributed by atoms with Gasteiger partial charge in [0.1, 0.15) is 11.6 Å². The number of alkyl halides is 4. The number of unbranched alkanes of at least 4 members (excludes halogenated alkanes) is 4. The van der Waals surface area contributed by atoms with Crippen molar-refractivity contribution in [2.24, 2.45) is 0 Å². The number of halogens is 7. The van der Waals surface area contributed by atoms with Gasteiger partial charge in [-0.25, -0.2) is 18.0 Å². The molecule has 0 aliphatic rings. The predicted octanol–water partition coefficient (Wildman–Crippen LogP) is 9.04. The van der Waals surface area contributed by atoms with Crippen molar-refractivity contribution in [3.05, 3.63) is 106 Å². The topological polar surface area (TPSA) is 44.8 Å². The van der Waals surface area contributed by atoms with Crippen LogP contribution in [-0.4, -0.2) is 32.2 Å². The number of carbonyl (C=O) groups excluding carboxylic acids is 1. The fraction of sp³-hybridized carbons (Fsp3) is 0.364. The van der Waals surface area contributed by atoms with Crippen molar-refractivity contribution in [3.8, 4) is 11.5 Å². The van der Waals surface area contributed by atoms with E-state index in [1.54, 1.807) is 7.11 Å². The lowest BCUT2D eigenvalue weighted by Gasteiger charge is -2.18. The molecule has 0 bridgehead atoms. The number of carbonyl (C=O) groups is 1. The molecule has 0 amide bonds. The lowest BCUT2D eigenvalue weighted by Crippen LogP contribution is -2.34. The van der Waals surface area contributed by atoms with E-state index in [1.165, 1.54) is 30.9 Å². The van der Waals surface area contributed by atoms with Gasteiger partial charge in [-0.05, 0) is 60.9 Å². The van der Waals surface area contributed by atoms with E-state index in [9.17, 15) is 35.5 Å². The lowest BCUT2D eigenvalue weighted by molar-refractivity contribution is -0.255. The molecule has 0 N–H and O–H groups in total. The average molecular weight is 627 g/mol. The van der Waals surface area contributed by atoms with Crippen LogP contribution < -0.4 is 9.47 Å². The molecule has 0 saturated heterocycles. The van der Waals surface area contributed by atoms with Crippen LogP contribution in [0, 0.1) is 17.5 Å². The summed E-state index contributed by atoms with van der Waals surface area (Å²) in [6, 6.07) is 12.7. The first-order valence-corrected chi connectivity index (χ1v) is 14.1. The van der Waals surface area contributed by atoms with Crippen molar-refractivity contribution in [2.75, 3.05) is 13.7 Å². The van der Waals surface area contributed by atoms with Crippen LogP contribution in [0.25, 0.3) is 0 Å². The molecule has 3 aromatic rings. The van der Waals surface area contributed by atoms with E-state index in [1.807, 2.05) is 12.2 Å². The number of allylic oxidation sites excluding steroid dienone is 2. The minimum atomic E-state index is -5.16. The van der Waals surface area contributed by atoms with Gasteiger partial charge in [-0.3, -0.25) is 0 Å². The molecule has 0 aliphatic carbocycles. The fourth-order valence-corrected chi connectivity index (χ4v) is 4.27. The molecule has 0 atom stereocenters. The van der Waals surface area contributed by atoms with E-state index in [2.05, 4.69) is 29.0 Å². The Bertz CT molecular complexity index is 1370. The summed E-state index contributed by atoms with van der Waals surface area (Å²) in [5.41, 5.74) is 2.42. The Balaban J connectivity index is 1.48. The number of benzene rings is 3. The maximum absolute atomic E-state index is 14.6. The molecule has 11 heteroatoms. The zero-order valence-corrected chi connectivity index (χ0v) is 24.1. The molecular formula is C33H33F7O4. The largest absolute Gasteiger partial charge is 0.461 e. The molecule has 0 aromatic heterocycles. The first-order valence-electron chi connectivity index (χ1n) is 14.1. The molecule has 238 valence electrons. The lowest BCUT2D eigenvalue weighted by atomic mass is 10.0. The summed E-state index contributed by atoms with van der Waals surface area (Å²) in [7, 11) is 1.72. The quantitative estimate of drug-likeness (QED) is 0.0493. The summed E-state index contributed by atoms with van der Waals surface area (Å²) in [6.07, 6.45) is 2.22. The van der Waals surface area contributed by atoms with E-state index >= 15 is 0 Å². The van der Waals surface area contributed by atoms with Crippen molar-refractivity contribution in [1.82, 2.24) is 0 Å². The molecule has 0 saturated carbocycles. The van der Waals surface area contributed by atoms with Crippen LogP contribution in [0.2, 0.25) is 0 Å². The van der Waals surface area contributed by atoms with E-state index in [0.29, 0.717) is 18.4 Å². The monoisotopic (exact) mass is 626 g/mol. The van der Waals surface area contributed by atoms with Crippen LogP contribution in [0.5, 0.6) is 11.5 Å². The molecule has 0 radical (unpaired) electrons. The maximum atomic E-state index is 14.6. The summed E-state index contributed by atoms with van der Waals surface area (Å²) in [5, 5.41) is 0. The SMILES string of the molecule is COCCCCCCCc1ccc(C/C=C/Cc2ccc(C(=O)Oc3cc(F)c(OC(F)(F)C(F)F)c(F)c3)c(F)c2)cc1. The highest BCUT2D eigenvalue weighted by atomic mass is 19.3. The Labute approximate surface area is 251 Å². The number of rotatable bonds is 17. The zero-order chi connectivity index (χ0) is 32.1. The van der Waals surface area contributed by atoms with Gasteiger partial charge >= 0.3 is 18.5 Å². The van der Waals surface area contributed by atoms with Crippen LogP contribution in [-0.2, 0) is 24.0 Å². The second-order valence-corrected chi connectivity index (χ2v) is 10.1. The van der Waals surface area contributed by atoms with E-state index in [-0.39, 0.29) is 12.1 Å². The molecule has 0 fully saturated rings. The molecule has 3 aromatic carbocycles. The zero-order valence-electron chi connectivity index (χ0n) is 24.1. The average Bonchev–Trinajstić information content (AvgIpc) is 2.97. The number of ether oxygens (including phenoxy) is 3. The molecule has 0 heterocycles. The van der Waals surface area contributed by atoms with Gasteiger partial charge in [0.05, 0.1) is 5.56 Å². The summed E-state index contributed by atoms with van der Waals surface area (Å²) in [5.74, 6) is -8.53. The Kier molecular flexibility index (Phi) is 13.3. The molecule has 4 nitrogen and oxygen atoms in total. The van der Waals surface area contributed by atoms with Gasteiger partial charge in [0.25, 0.3) is 0 Å². The van der Waals surface area contributed by atoms with Crippen molar-refractivity contribution in [2.45, 2.75) is 63.9 Å². The van der Waals surface area contributed by atoms with Gasteiger partial charge in [-0.1, -0.05) is 61.7 Å². The molecule has 3 rings (SSSR count). The third-order valence-electron chi connectivity index (χ3n) is 6.64. The van der Waals surface area contributed by atoms with Crippen LogP contribution >= 0.6 is 0 Å². The summed E-state index contributed by atoms with van der Waals surface area (Å²) in [4.78, 5) is 12.4. The summed E-state index contributed by atoms with van der Waals surface area (Å²) < 4.78 is 107. The maximum Gasteiger partial charge on any atom is 0.461 e. The minimum Gasteiger partial charge on any atom is -0.423 e. The van der Waals surface area contributed by atoms with Crippen molar-refractivity contribution in [3.63, 3.8) is 0 Å². The third kappa shape index (κ3) is 10.7. The first kappa shape index (κ1) is 34.6. The molecule has 0 unspecified atom stereocenters. The highest BCUT2D eigenvalue weighted by Crippen LogP contribution is 2.34. The van der Waals surface area contributed by atoms with Crippen LogP contribution in [0.1, 0.15) is 59.2 Å². The number of hydrogen-bond acceptors (Lipinski definition) is 4. The van der Waals surface area contributed by atoms with Gasteiger partial charge in [0.15, 0.2) is 17.4 Å². The Morgan fingerprint density at radius 1 is 0.773 bits per heavy atom. The van der Waals surface area contributed by atoms with E-state index in [4.69, 9.17) is 9.47 Å². The number of esters is 1. The van der Waals surface area contributed by atoms with Gasteiger partial charge in [0, 0.05) is 25.8 Å². The van der Waals surface area contributed by atoms with Crippen LogP contribution in [0.15, 0.2) is 66.7 Å². The van der Waals surface area contributed by atoms with Crippen LogP contribution in [0.3, 0.4) is 0 Å². The van der Waals surface area contributed by atoms with Crippen molar-refractivity contribution in [1.29, 1.82) is 0 Å². The number of hydrogen-bond donors (Lipinski definition) is 0. The molecule has 0 aliphatic heterocycles. The van der Waals surface area contributed by atoms with E-state index in [0.717, 1.165) is 43.6 Å². The first-order chi connectivity index (χ1) is 21.0. The Morgan fingerprint density at radius 2 is 1.34 bits per heavy atom. The van der Waals surface area contributed by atoms with Gasteiger partial charge in [-0.15, -0.1) is 0 Å². The summed E-state index contributed by atoms with van der Waals surface area (Å²) >= 11 is 0. The number of aryl methyl sites for hydroxylation is 1. The second-order valence-electron chi connectivity index (χ2n) is 10.1. The van der Waals surface area contributed by atoms with Gasteiger partial charge in [-0.2, -0.15) is 17.6 Å². The van der Waals surface area contributed by atoms with E-state index < -0.39 is 53.0 Å². The molecule has 44 heavy (non-hydrogen) atoms. The third-order valence-corrected chi connectivity index (χ3v) is 6.64. The minimum absolute atomic E-state index is 0.273. The van der Waals surface area contributed by atoms with Crippen LogP contribution in [0.4, 0.5) is 30.7 Å². The van der Waals surface area contributed by atoms with Crippen molar-refractivity contribution >= 4 is 5.97 Å². The van der Waals surface area contributed by atoms with Crippen molar-refractivity contribution < 1.29 is 49.7 Å². The Morgan fingerprint density at radius 3 is 1.95 bits per heavy atom. The second kappa shape index (κ2) is 16.8. The molecular weight excluding hydrogens is 593 g/mol.